The number of carbonyl (C=O) groups is 2. The molecule has 2 N–H and O–H groups in total. The van der Waals surface area contributed by atoms with E-state index in [4.69, 9.17) is 26.2 Å². The topological polar surface area (TPSA) is 90.0 Å². The van der Waals surface area contributed by atoms with Gasteiger partial charge in [0.15, 0.2) is 0 Å². The van der Waals surface area contributed by atoms with E-state index >= 15 is 0 Å². The normalized spacial score (nSPS) is 15.1. The van der Waals surface area contributed by atoms with Crippen molar-refractivity contribution in [1.29, 1.82) is 0 Å². The molecule has 220 valence electrons. The molecule has 0 aliphatic carbocycles. The summed E-state index contributed by atoms with van der Waals surface area (Å²) in [4.78, 5) is 26.5. The van der Waals surface area contributed by atoms with Crippen molar-refractivity contribution in [2.45, 2.75) is 24.2 Å². The van der Waals surface area contributed by atoms with Crippen molar-refractivity contribution in [1.82, 2.24) is 0 Å². The Morgan fingerprint density at radius 1 is 1.00 bits per heavy atom. The number of amides is 1. The number of nitrogens with one attached hydrogen (secondary N) is 1. The van der Waals surface area contributed by atoms with Crippen molar-refractivity contribution >= 4 is 50.8 Å². The Kier molecular flexibility index (Phi) is 7.74. The molecule has 3 aromatic carbocycles. The average molecular weight is 620 g/mol. The summed E-state index contributed by atoms with van der Waals surface area (Å²) < 4.78 is 78.8. The Balaban J connectivity index is 1.76. The van der Waals surface area contributed by atoms with Crippen LogP contribution in [0.2, 0.25) is 5.02 Å². The van der Waals surface area contributed by atoms with Gasteiger partial charge < -0.3 is 19.5 Å². The first kappa shape index (κ1) is 30.1. The van der Waals surface area contributed by atoms with Gasteiger partial charge in [-0.25, -0.2) is 0 Å². The van der Waals surface area contributed by atoms with Gasteiger partial charge in [-0.05, 0) is 54.8 Å². The summed E-state index contributed by atoms with van der Waals surface area (Å²) in [5.41, 5.74) is 0.608. The molecule has 0 atom stereocenters. The molecule has 41 heavy (non-hydrogen) atoms. The minimum Gasteiger partial charge on any atom is -0.496 e. The number of ether oxygens (including phenoxy) is 2. The van der Waals surface area contributed by atoms with E-state index in [0.717, 1.165) is 11.0 Å². The molecule has 0 unspecified atom stereocenters. The number of carboxylic acids is 1. The molecule has 7 nitrogen and oxygen atoms in total. The zero-order valence-electron chi connectivity index (χ0n) is 21.5. The van der Waals surface area contributed by atoms with Crippen LogP contribution in [0.15, 0.2) is 65.6 Å². The van der Waals surface area contributed by atoms with Crippen LogP contribution in [0.3, 0.4) is 0 Å². The van der Waals surface area contributed by atoms with Crippen molar-refractivity contribution in [3.8, 4) is 11.5 Å². The quantitative estimate of drug-likeness (QED) is 0.164. The van der Waals surface area contributed by atoms with E-state index in [-0.39, 0.29) is 43.8 Å². The molecule has 0 bridgehead atoms. The van der Waals surface area contributed by atoms with Crippen LogP contribution in [-0.4, -0.2) is 43.0 Å². The van der Waals surface area contributed by atoms with Crippen LogP contribution in [0.5, 0.6) is 11.5 Å². The third kappa shape index (κ3) is 7.47. The van der Waals surface area contributed by atoms with Gasteiger partial charge in [-0.1, -0.05) is 37.1 Å². The number of halogens is 6. The van der Waals surface area contributed by atoms with Gasteiger partial charge in [-0.3, -0.25) is 9.59 Å². The van der Waals surface area contributed by atoms with Gasteiger partial charge in [0.1, 0.15) is 16.4 Å². The first-order chi connectivity index (χ1) is 19.0. The Labute approximate surface area is 236 Å². The molecule has 0 aromatic heterocycles. The Hall–Kier alpha value is -3.84. The van der Waals surface area contributed by atoms with Crippen LogP contribution < -0.4 is 19.4 Å². The highest BCUT2D eigenvalue weighted by Gasteiger charge is 2.65. The molecule has 14 heteroatoms. The lowest BCUT2D eigenvalue weighted by Crippen LogP contribution is -2.70. The highest BCUT2D eigenvalue weighted by molar-refractivity contribution is 8.45. The number of hydrogen-bond donors (Lipinski definition) is 2. The first-order valence-electron chi connectivity index (χ1n) is 12.2. The number of fused-ring (bicyclic) bond motifs is 1. The number of rotatable bonds is 10. The monoisotopic (exact) mass is 619 g/mol. The van der Waals surface area contributed by atoms with E-state index in [2.05, 4.69) is 4.99 Å². The molecule has 0 spiro atoms. The number of carboxylic acid groups (broad SMARTS) is 1. The summed E-state index contributed by atoms with van der Waals surface area (Å²) in [5.74, 6) is -1.11. The Morgan fingerprint density at radius 3 is 2.32 bits per heavy atom. The molecule has 4 rings (SSSR count). The van der Waals surface area contributed by atoms with Gasteiger partial charge in [0.05, 0.1) is 31.4 Å². The Morgan fingerprint density at radius 2 is 1.68 bits per heavy atom. The molecule has 1 heterocycles. The van der Waals surface area contributed by atoms with E-state index in [9.17, 15) is 29.0 Å². The van der Waals surface area contributed by atoms with E-state index in [1.165, 1.54) is 43.5 Å². The summed E-state index contributed by atoms with van der Waals surface area (Å²) in [5, 5.41) is 9.19. The third-order valence-corrected chi connectivity index (χ3v) is 7.58. The highest BCUT2D eigenvalue weighted by atomic mass is 35.5. The summed E-state index contributed by atoms with van der Waals surface area (Å²) in [6.07, 6.45) is 0.313. The first-order valence-corrected chi connectivity index (χ1v) is 14.5. The van der Waals surface area contributed by atoms with Crippen molar-refractivity contribution in [2.24, 2.45) is 0 Å². The second-order valence-corrected chi connectivity index (χ2v) is 12.1. The second-order valence-electron chi connectivity index (χ2n) is 9.22. The molecular formula is C27H25ClF5N2O5S+. The molecule has 0 saturated carbocycles. The van der Waals surface area contributed by atoms with Gasteiger partial charge in [-0.2, -0.15) is 4.99 Å². The van der Waals surface area contributed by atoms with Crippen molar-refractivity contribution in [3.05, 3.63) is 76.8 Å². The van der Waals surface area contributed by atoms with E-state index in [0.29, 0.717) is 45.5 Å². The SMILES string of the molecule is COc1cc([NH+]=C(C(=O)N2CCc3ccc(S(F)(F)(F)(F)F)cc32)c2ccc(Cl)cc2)cc(OCCCC(=O)O)c1. The van der Waals surface area contributed by atoms with Crippen LogP contribution in [0, 0.1) is 0 Å². The van der Waals surface area contributed by atoms with Crippen LogP contribution in [0.25, 0.3) is 0 Å². The summed E-state index contributed by atoms with van der Waals surface area (Å²) >= 11 is 6.01. The molecule has 1 aliphatic rings. The molecule has 1 amide bonds. The van der Waals surface area contributed by atoms with Gasteiger partial charge in [0.2, 0.25) is 5.69 Å². The van der Waals surface area contributed by atoms with Crippen molar-refractivity contribution in [3.63, 3.8) is 0 Å². The lowest BCUT2D eigenvalue weighted by molar-refractivity contribution is -0.352. The highest BCUT2D eigenvalue weighted by Crippen LogP contribution is 3.02. The average Bonchev–Trinajstić information content (AvgIpc) is 3.32. The van der Waals surface area contributed by atoms with Gasteiger partial charge in [-0.15, -0.1) is 0 Å². The minimum absolute atomic E-state index is 0.0350. The number of aliphatic carboxylic acids is 1. The summed E-state index contributed by atoms with van der Waals surface area (Å²) in [6.45, 7) is 0.0530. The number of hydrogen-bond acceptors (Lipinski definition) is 4. The molecule has 0 saturated heterocycles. The molecular weight excluding hydrogens is 595 g/mol. The van der Waals surface area contributed by atoms with Gasteiger partial charge in [0, 0.05) is 29.7 Å². The second kappa shape index (κ2) is 10.5. The van der Waals surface area contributed by atoms with Gasteiger partial charge in [0.25, 0.3) is 5.71 Å². The number of benzene rings is 3. The lowest BCUT2D eigenvalue weighted by atomic mass is 10.1. The number of nitrogens with zero attached hydrogens (tertiary/aromatic N) is 1. The summed E-state index contributed by atoms with van der Waals surface area (Å²) in [7, 11) is -8.59. The van der Waals surface area contributed by atoms with Crippen LogP contribution in [-0.2, 0) is 16.0 Å². The smallest absolute Gasteiger partial charge is 0.323 e. The predicted molar refractivity (Wildman–Crippen MR) is 145 cm³/mol. The molecule has 0 fully saturated rings. The standard InChI is InChI=1S/C27H24ClF5N2O5S/c1-39-21-13-20(14-22(15-21)40-12-2-3-25(36)37)34-26(18-4-7-19(28)8-5-18)27(38)35-11-10-17-6-9-23(16-24(17)35)41(29,30,31,32)33/h4-9,13-16H,2-3,10-12H2,1H3,(H,36,37)/p+1. The fraction of sp³-hybridized carbons (Fsp3) is 0.222. The van der Waals surface area contributed by atoms with E-state index in [1.807, 2.05) is 0 Å². The number of methoxy groups -OCH3 is 1. The van der Waals surface area contributed by atoms with E-state index < -0.39 is 27.0 Å². The number of anilines is 1. The summed E-state index contributed by atoms with van der Waals surface area (Å²) in [6, 6.07) is 12.3. The predicted octanol–water partition coefficient (Wildman–Crippen LogP) is 6.04. The third-order valence-electron chi connectivity index (χ3n) is 6.18. The maximum atomic E-state index is 13.8. The van der Waals surface area contributed by atoms with Crippen LogP contribution in [0.1, 0.15) is 24.0 Å². The lowest BCUT2D eigenvalue weighted by Gasteiger charge is -2.40. The number of carbonyl (C=O) groups excluding carboxylic acids is 1. The Bertz CT molecular complexity index is 1530. The fourth-order valence-corrected chi connectivity index (χ4v) is 5.00. The van der Waals surface area contributed by atoms with Crippen LogP contribution in [0.4, 0.5) is 30.8 Å². The van der Waals surface area contributed by atoms with Crippen molar-refractivity contribution < 1.29 is 48.6 Å². The van der Waals surface area contributed by atoms with Crippen LogP contribution >= 0.6 is 21.8 Å². The largest absolute Gasteiger partial charge is 0.496 e. The van der Waals surface area contributed by atoms with E-state index in [1.54, 1.807) is 6.07 Å². The molecule has 1 aliphatic heterocycles. The van der Waals surface area contributed by atoms with Gasteiger partial charge >= 0.3 is 22.1 Å². The zero-order valence-corrected chi connectivity index (χ0v) is 23.1. The fourth-order valence-electron chi connectivity index (χ4n) is 4.21. The maximum absolute atomic E-state index is 13.8. The molecule has 3 aromatic rings. The molecule has 0 radical (unpaired) electrons. The minimum atomic E-state index is -9.99. The zero-order chi connectivity index (χ0) is 30.1. The maximum Gasteiger partial charge on any atom is 0.323 e. The van der Waals surface area contributed by atoms with Crippen molar-refractivity contribution in [2.75, 3.05) is 25.2 Å².